The number of hydrogen-bond acceptors (Lipinski definition) is 4. The first kappa shape index (κ1) is 8.06. The highest BCUT2D eigenvalue weighted by Gasteiger charge is 2.31. The average molecular weight is 182 g/mol. The van der Waals surface area contributed by atoms with Crippen LogP contribution in [0.15, 0.2) is 12.4 Å². The van der Waals surface area contributed by atoms with Crippen LogP contribution in [0, 0.1) is 0 Å². The van der Waals surface area contributed by atoms with Crippen LogP contribution < -0.4 is 10.6 Å². The highest BCUT2D eigenvalue weighted by molar-refractivity contribution is 5.89. The SMILES string of the molecule is NCC1CN(c2cn[nH]c2)C(=O)O1. The number of ether oxygens (including phenoxy) is 1. The normalized spacial score (nSPS) is 22.1. The van der Waals surface area contributed by atoms with Crippen molar-refractivity contribution in [2.75, 3.05) is 18.0 Å². The Kier molecular flexibility index (Phi) is 1.90. The molecule has 0 aliphatic carbocycles. The lowest BCUT2D eigenvalue weighted by Gasteiger charge is -2.08. The standard InChI is InChI=1S/C7H10N4O2/c8-1-6-4-11(7(12)13-6)5-2-9-10-3-5/h2-3,6H,1,4,8H2,(H,9,10). The van der Waals surface area contributed by atoms with Crippen molar-refractivity contribution in [1.82, 2.24) is 10.2 Å². The van der Waals surface area contributed by atoms with Gasteiger partial charge in [-0.3, -0.25) is 10.00 Å². The second-order valence-corrected chi connectivity index (χ2v) is 2.81. The number of H-pyrrole nitrogens is 1. The molecule has 6 nitrogen and oxygen atoms in total. The first-order chi connectivity index (χ1) is 6.31. The molecule has 1 amide bonds. The molecular formula is C7H10N4O2. The lowest BCUT2D eigenvalue weighted by atomic mass is 10.3. The lowest BCUT2D eigenvalue weighted by molar-refractivity contribution is 0.145. The molecule has 1 atom stereocenters. The van der Waals surface area contributed by atoms with Gasteiger partial charge in [0.25, 0.3) is 0 Å². The molecule has 1 aliphatic rings. The minimum absolute atomic E-state index is 0.206. The summed E-state index contributed by atoms with van der Waals surface area (Å²) in [5, 5.41) is 6.38. The average Bonchev–Trinajstić information content (AvgIpc) is 2.72. The van der Waals surface area contributed by atoms with Gasteiger partial charge in [-0.2, -0.15) is 5.10 Å². The van der Waals surface area contributed by atoms with E-state index in [0.717, 1.165) is 0 Å². The lowest BCUT2D eigenvalue weighted by Crippen LogP contribution is -2.27. The van der Waals surface area contributed by atoms with Crippen LogP contribution in [-0.2, 0) is 4.74 Å². The van der Waals surface area contributed by atoms with Gasteiger partial charge in [-0.05, 0) is 0 Å². The molecule has 3 N–H and O–H groups in total. The number of aromatic nitrogens is 2. The topological polar surface area (TPSA) is 84.2 Å². The number of aromatic amines is 1. The van der Waals surface area contributed by atoms with E-state index in [1.165, 1.54) is 4.90 Å². The predicted octanol–water partition coefficient (Wildman–Crippen LogP) is -0.306. The van der Waals surface area contributed by atoms with Crippen LogP contribution in [0.5, 0.6) is 0 Å². The fourth-order valence-electron chi connectivity index (χ4n) is 1.25. The van der Waals surface area contributed by atoms with Crippen LogP contribution in [-0.4, -0.2) is 35.5 Å². The Morgan fingerprint density at radius 2 is 2.69 bits per heavy atom. The first-order valence-corrected chi connectivity index (χ1v) is 3.98. The Bertz CT molecular complexity index is 297. The van der Waals surface area contributed by atoms with Crippen molar-refractivity contribution >= 4 is 11.8 Å². The third-order valence-electron chi connectivity index (χ3n) is 1.93. The summed E-state index contributed by atoms with van der Waals surface area (Å²) in [6, 6.07) is 0. The molecule has 1 unspecified atom stereocenters. The van der Waals surface area contributed by atoms with E-state index in [0.29, 0.717) is 18.8 Å². The first-order valence-electron chi connectivity index (χ1n) is 3.98. The fourth-order valence-corrected chi connectivity index (χ4v) is 1.25. The summed E-state index contributed by atoms with van der Waals surface area (Å²) < 4.78 is 4.97. The number of nitrogens with zero attached hydrogens (tertiary/aromatic N) is 2. The van der Waals surface area contributed by atoms with Crippen molar-refractivity contribution in [3.63, 3.8) is 0 Å². The third kappa shape index (κ3) is 1.35. The van der Waals surface area contributed by atoms with Gasteiger partial charge in [-0.1, -0.05) is 0 Å². The van der Waals surface area contributed by atoms with E-state index >= 15 is 0 Å². The molecule has 1 saturated heterocycles. The molecule has 0 aromatic carbocycles. The smallest absolute Gasteiger partial charge is 0.414 e. The Hall–Kier alpha value is -1.56. The molecule has 1 aromatic rings. The zero-order valence-electron chi connectivity index (χ0n) is 6.93. The number of rotatable bonds is 2. The number of nitrogens with two attached hydrogens (primary N) is 1. The van der Waals surface area contributed by atoms with Crippen molar-refractivity contribution in [2.24, 2.45) is 5.73 Å². The molecule has 2 rings (SSSR count). The van der Waals surface area contributed by atoms with E-state index in [1.54, 1.807) is 12.4 Å². The predicted molar refractivity (Wildman–Crippen MR) is 45.3 cm³/mol. The molecule has 0 saturated carbocycles. The summed E-state index contributed by atoms with van der Waals surface area (Å²) in [4.78, 5) is 12.7. The molecule has 0 bridgehead atoms. The second-order valence-electron chi connectivity index (χ2n) is 2.81. The summed E-state index contributed by atoms with van der Waals surface area (Å²) in [6.45, 7) is 0.842. The van der Waals surface area contributed by atoms with Crippen molar-refractivity contribution in [3.8, 4) is 0 Å². The molecule has 1 fully saturated rings. The van der Waals surface area contributed by atoms with Crippen LogP contribution in [0.2, 0.25) is 0 Å². The maximum Gasteiger partial charge on any atom is 0.414 e. The number of cyclic esters (lactones) is 1. The summed E-state index contributed by atoms with van der Waals surface area (Å²) >= 11 is 0. The van der Waals surface area contributed by atoms with Gasteiger partial charge in [-0.25, -0.2) is 4.79 Å². The maximum atomic E-state index is 11.2. The molecule has 1 aromatic heterocycles. The van der Waals surface area contributed by atoms with Gasteiger partial charge < -0.3 is 10.5 Å². The fraction of sp³-hybridized carbons (Fsp3) is 0.429. The Morgan fingerprint density at radius 3 is 3.23 bits per heavy atom. The van der Waals surface area contributed by atoms with E-state index in [2.05, 4.69) is 10.2 Å². The molecule has 2 heterocycles. The molecule has 70 valence electrons. The molecular weight excluding hydrogens is 172 g/mol. The number of amides is 1. The van der Waals surface area contributed by atoms with Crippen molar-refractivity contribution < 1.29 is 9.53 Å². The van der Waals surface area contributed by atoms with Gasteiger partial charge in [0.15, 0.2) is 0 Å². The van der Waals surface area contributed by atoms with Crippen LogP contribution >= 0.6 is 0 Å². The highest BCUT2D eigenvalue weighted by Crippen LogP contribution is 2.18. The summed E-state index contributed by atoms with van der Waals surface area (Å²) in [5.74, 6) is 0. The molecule has 0 spiro atoms. The van der Waals surface area contributed by atoms with Crippen molar-refractivity contribution in [2.45, 2.75) is 6.10 Å². The van der Waals surface area contributed by atoms with E-state index in [4.69, 9.17) is 10.5 Å². The molecule has 6 heteroatoms. The van der Waals surface area contributed by atoms with E-state index < -0.39 is 0 Å². The van der Waals surface area contributed by atoms with Gasteiger partial charge >= 0.3 is 6.09 Å². The minimum Gasteiger partial charge on any atom is -0.443 e. The van der Waals surface area contributed by atoms with Crippen LogP contribution in [0.1, 0.15) is 0 Å². The van der Waals surface area contributed by atoms with Gasteiger partial charge in [0, 0.05) is 12.7 Å². The van der Waals surface area contributed by atoms with E-state index in [9.17, 15) is 4.79 Å². The van der Waals surface area contributed by atoms with E-state index in [-0.39, 0.29) is 12.2 Å². The zero-order chi connectivity index (χ0) is 9.26. The minimum atomic E-state index is -0.364. The Labute approximate surface area is 74.7 Å². The Morgan fingerprint density at radius 1 is 1.85 bits per heavy atom. The van der Waals surface area contributed by atoms with Gasteiger partial charge in [0.05, 0.1) is 18.4 Å². The van der Waals surface area contributed by atoms with Crippen LogP contribution in [0.4, 0.5) is 10.5 Å². The van der Waals surface area contributed by atoms with Gasteiger partial charge in [-0.15, -0.1) is 0 Å². The third-order valence-corrected chi connectivity index (χ3v) is 1.93. The largest absolute Gasteiger partial charge is 0.443 e. The Balaban J connectivity index is 2.14. The quantitative estimate of drug-likeness (QED) is 0.657. The molecule has 1 aliphatic heterocycles. The van der Waals surface area contributed by atoms with Crippen molar-refractivity contribution in [3.05, 3.63) is 12.4 Å². The number of anilines is 1. The van der Waals surface area contributed by atoms with Gasteiger partial charge in [0.1, 0.15) is 6.10 Å². The van der Waals surface area contributed by atoms with Gasteiger partial charge in [0.2, 0.25) is 0 Å². The monoisotopic (exact) mass is 182 g/mol. The number of hydrogen-bond donors (Lipinski definition) is 2. The van der Waals surface area contributed by atoms with Crippen LogP contribution in [0.25, 0.3) is 0 Å². The summed E-state index contributed by atoms with van der Waals surface area (Å²) in [7, 11) is 0. The second kappa shape index (κ2) is 3.06. The zero-order valence-corrected chi connectivity index (χ0v) is 6.93. The van der Waals surface area contributed by atoms with Crippen LogP contribution in [0.3, 0.4) is 0 Å². The summed E-state index contributed by atoms with van der Waals surface area (Å²) in [5.41, 5.74) is 6.09. The number of carbonyl (C=O) groups is 1. The van der Waals surface area contributed by atoms with Crippen molar-refractivity contribution in [1.29, 1.82) is 0 Å². The summed E-state index contributed by atoms with van der Waals surface area (Å²) in [6.07, 6.45) is 2.64. The molecule has 0 radical (unpaired) electrons. The highest BCUT2D eigenvalue weighted by atomic mass is 16.6. The number of carbonyl (C=O) groups excluding carboxylic acids is 1. The maximum absolute atomic E-state index is 11.2. The molecule has 13 heavy (non-hydrogen) atoms. The van der Waals surface area contributed by atoms with E-state index in [1.807, 2.05) is 0 Å². The number of nitrogens with one attached hydrogen (secondary N) is 1.